The van der Waals surface area contributed by atoms with Gasteiger partial charge in [-0.05, 0) is 43.3 Å². The van der Waals surface area contributed by atoms with Gasteiger partial charge in [-0.2, -0.15) is 0 Å². The van der Waals surface area contributed by atoms with Crippen LogP contribution in [0.1, 0.15) is 15.2 Å². The van der Waals surface area contributed by atoms with E-state index in [2.05, 4.69) is 15.3 Å². The molecule has 4 aromatic rings. The van der Waals surface area contributed by atoms with Gasteiger partial charge in [0.2, 0.25) is 0 Å². The molecule has 6 heteroatoms. The Hall–Kier alpha value is -3.25. The number of nitrogens with one attached hydrogen (secondary N) is 1. The Balaban J connectivity index is 1.62. The molecule has 1 amide bonds. The lowest BCUT2D eigenvalue weighted by Crippen LogP contribution is -2.12. The molecule has 5 nitrogen and oxygen atoms in total. The van der Waals surface area contributed by atoms with Gasteiger partial charge in [0.05, 0.1) is 23.9 Å². The summed E-state index contributed by atoms with van der Waals surface area (Å²) in [7, 11) is 1.64. The second-order valence-electron chi connectivity index (χ2n) is 5.99. The number of methoxy groups -OCH3 is 1. The summed E-state index contributed by atoms with van der Waals surface area (Å²) in [5, 5.41) is 4.40. The maximum absolute atomic E-state index is 12.8. The Morgan fingerprint density at radius 2 is 1.85 bits per heavy atom. The molecular formula is C21H17N3O2S. The van der Waals surface area contributed by atoms with Crippen molar-refractivity contribution >= 4 is 33.3 Å². The number of para-hydroxylation sites is 1. The van der Waals surface area contributed by atoms with Crippen molar-refractivity contribution in [1.82, 2.24) is 9.97 Å². The first-order valence-corrected chi connectivity index (χ1v) is 9.24. The van der Waals surface area contributed by atoms with Crippen molar-refractivity contribution in [2.75, 3.05) is 12.4 Å². The first-order valence-electron chi connectivity index (χ1n) is 8.42. The van der Waals surface area contributed by atoms with E-state index in [0.717, 1.165) is 27.3 Å². The van der Waals surface area contributed by atoms with Crippen LogP contribution < -0.4 is 10.1 Å². The van der Waals surface area contributed by atoms with Crippen LogP contribution >= 0.6 is 11.3 Å². The van der Waals surface area contributed by atoms with Crippen LogP contribution in [0, 0.1) is 6.92 Å². The molecule has 0 radical (unpaired) electrons. The third-order valence-corrected chi connectivity index (χ3v) is 5.14. The van der Waals surface area contributed by atoms with Gasteiger partial charge >= 0.3 is 0 Å². The number of hydrogen-bond acceptors (Lipinski definition) is 5. The molecule has 0 saturated heterocycles. The minimum absolute atomic E-state index is 0.214. The Labute approximate surface area is 160 Å². The highest BCUT2D eigenvalue weighted by molar-refractivity contribution is 7.16. The van der Waals surface area contributed by atoms with Gasteiger partial charge in [0.25, 0.3) is 5.91 Å². The second kappa shape index (κ2) is 7.17. The molecule has 0 saturated carbocycles. The van der Waals surface area contributed by atoms with Crippen molar-refractivity contribution in [3.8, 4) is 17.0 Å². The number of rotatable bonds is 4. The normalized spacial score (nSPS) is 10.7. The SMILES string of the molecule is COc1ccc(-c2nc(NC(=O)c3cccc4cccnc34)sc2C)cc1. The molecule has 0 atom stereocenters. The van der Waals surface area contributed by atoms with E-state index in [4.69, 9.17) is 4.74 Å². The number of aryl methyl sites for hydroxylation is 1. The van der Waals surface area contributed by atoms with E-state index in [1.807, 2.05) is 55.5 Å². The van der Waals surface area contributed by atoms with Crippen LogP contribution in [-0.4, -0.2) is 23.0 Å². The summed E-state index contributed by atoms with van der Waals surface area (Å²) in [4.78, 5) is 22.7. The molecule has 1 N–H and O–H groups in total. The number of nitrogens with zero attached hydrogens (tertiary/aromatic N) is 2. The molecule has 2 heterocycles. The van der Waals surface area contributed by atoms with Crippen molar-refractivity contribution in [3.05, 3.63) is 71.2 Å². The molecule has 0 bridgehead atoms. The number of amides is 1. The maximum Gasteiger partial charge on any atom is 0.259 e. The van der Waals surface area contributed by atoms with Crippen molar-refractivity contribution in [2.24, 2.45) is 0 Å². The van der Waals surface area contributed by atoms with E-state index in [0.29, 0.717) is 16.2 Å². The van der Waals surface area contributed by atoms with Crippen molar-refractivity contribution in [1.29, 1.82) is 0 Å². The Kier molecular flexibility index (Phi) is 4.56. The fourth-order valence-corrected chi connectivity index (χ4v) is 3.75. The van der Waals surface area contributed by atoms with Crippen molar-refractivity contribution in [3.63, 3.8) is 0 Å². The predicted molar refractivity (Wildman–Crippen MR) is 109 cm³/mol. The molecule has 4 rings (SSSR count). The molecule has 2 aromatic carbocycles. The second-order valence-corrected chi connectivity index (χ2v) is 7.19. The largest absolute Gasteiger partial charge is 0.497 e. The zero-order valence-corrected chi connectivity index (χ0v) is 15.7. The number of ether oxygens (including phenoxy) is 1. The number of carbonyl (C=O) groups is 1. The number of anilines is 1. The zero-order chi connectivity index (χ0) is 18.8. The Bertz CT molecular complexity index is 1110. The number of benzene rings is 2. The van der Waals surface area contributed by atoms with Gasteiger partial charge < -0.3 is 4.74 Å². The van der Waals surface area contributed by atoms with Crippen LogP contribution in [0.4, 0.5) is 5.13 Å². The molecule has 0 aliphatic carbocycles. The number of carbonyl (C=O) groups excluding carboxylic acids is 1. The topological polar surface area (TPSA) is 64.1 Å². The number of aromatic nitrogens is 2. The zero-order valence-electron chi connectivity index (χ0n) is 14.9. The molecule has 0 aliphatic heterocycles. The monoisotopic (exact) mass is 375 g/mol. The highest BCUT2D eigenvalue weighted by Crippen LogP contribution is 2.31. The average Bonchev–Trinajstić information content (AvgIpc) is 3.07. The lowest BCUT2D eigenvalue weighted by Gasteiger charge is -2.05. The van der Waals surface area contributed by atoms with Gasteiger partial charge in [0, 0.05) is 22.0 Å². The standard InChI is InChI=1S/C21H17N3O2S/c1-13-18(15-8-10-16(26-2)11-9-15)23-21(27-13)24-20(25)17-7-3-5-14-6-4-12-22-19(14)17/h3-12H,1-2H3,(H,23,24,25). The molecule has 0 unspecified atom stereocenters. The van der Waals surface area contributed by atoms with E-state index in [1.54, 1.807) is 19.4 Å². The van der Waals surface area contributed by atoms with Crippen molar-refractivity contribution in [2.45, 2.75) is 6.92 Å². The smallest absolute Gasteiger partial charge is 0.259 e. The van der Waals surface area contributed by atoms with Crippen LogP contribution in [0.3, 0.4) is 0 Å². The quantitative estimate of drug-likeness (QED) is 0.549. The highest BCUT2D eigenvalue weighted by atomic mass is 32.1. The minimum atomic E-state index is -0.214. The summed E-state index contributed by atoms with van der Waals surface area (Å²) in [6.45, 7) is 1.99. The minimum Gasteiger partial charge on any atom is -0.497 e. The van der Waals surface area contributed by atoms with Gasteiger partial charge in [-0.15, -0.1) is 11.3 Å². The van der Waals surface area contributed by atoms with E-state index < -0.39 is 0 Å². The molecule has 2 aromatic heterocycles. The first kappa shape index (κ1) is 17.2. The Morgan fingerprint density at radius 1 is 1.07 bits per heavy atom. The van der Waals surface area contributed by atoms with Crippen LogP contribution in [0.2, 0.25) is 0 Å². The summed E-state index contributed by atoms with van der Waals surface area (Å²) < 4.78 is 5.20. The molecule has 134 valence electrons. The molecule has 0 spiro atoms. The average molecular weight is 375 g/mol. The van der Waals surface area contributed by atoms with Gasteiger partial charge in [0.15, 0.2) is 5.13 Å². The van der Waals surface area contributed by atoms with E-state index in [1.165, 1.54) is 11.3 Å². The number of pyridine rings is 1. The van der Waals surface area contributed by atoms with Gasteiger partial charge in [0.1, 0.15) is 5.75 Å². The van der Waals surface area contributed by atoms with E-state index >= 15 is 0 Å². The third kappa shape index (κ3) is 3.39. The van der Waals surface area contributed by atoms with Gasteiger partial charge in [-0.1, -0.05) is 18.2 Å². The summed E-state index contributed by atoms with van der Waals surface area (Å²) in [5.74, 6) is 0.581. The number of fused-ring (bicyclic) bond motifs is 1. The summed E-state index contributed by atoms with van der Waals surface area (Å²) in [6, 6.07) is 17.1. The predicted octanol–water partition coefficient (Wildman–Crippen LogP) is 4.93. The van der Waals surface area contributed by atoms with Crippen molar-refractivity contribution < 1.29 is 9.53 Å². The summed E-state index contributed by atoms with van der Waals surface area (Å²) >= 11 is 1.45. The molecular weight excluding hydrogens is 358 g/mol. The third-order valence-electron chi connectivity index (χ3n) is 4.26. The molecule has 0 fully saturated rings. The highest BCUT2D eigenvalue weighted by Gasteiger charge is 2.15. The van der Waals surface area contributed by atoms with Crippen LogP contribution in [0.5, 0.6) is 5.75 Å². The number of thiazole rings is 1. The lowest BCUT2D eigenvalue weighted by molar-refractivity contribution is 0.102. The van der Waals surface area contributed by atoms with E-state index in [-0.39, 0.29) is 5.91 Å². The molecule has 27 heavy (non-hydrogen) atoms. The molecule has 0 aliphatic rings. The van der Waals surface area contributed by atoms with Crippen LogP contribution in [0.15, 0.2) is 60.8 Å². The number of hydrogen-bond donors (Lipinski definition) is 1. The van der Waals surface area contributed by atoms with Crippen LogP contribution in [0.25, 0.3) is 22.2 Å². The van der Waals surface area contributed by atoms with Gasteiger partial charge in [-0.25, -0.2) is 4.98 Å². The lowest BCUT2D eigenvalue weighted by atomic mass is 10.1. The summed E-state index contributed by atoms with van der Waals surface area (Å²) in [6.07, 6.45) is 1.69. The fourth-order valence-electron chi connectivity index (χ4n) is 2.92. The van der Waals surface area contributed by atoms with E-state index in [9.17, 15) is 4.79 Å². The fraction of sp³-hybridized carbons (Fsp3) is 0.0952. The van der Waals surface area contributed by atoms with Gasteiger partial charge in [-0.3, -0.25) is 15.1 Å². The summed E-state index contributed by atoms with van der Waals surface area (Å²) in [5.41, 5.74) is 3.05. The first-order chi connectivity index (χ1) is 13.2. The van der Waals surface area contributed by atoms with Crippen LogP contribution in [-0.2, 0) is 0 Å². The Morgan fingerprint density at radius 3 is 2.63 bits per heavy atom. The maximum atomic E-state index is 12.8.